The van der Waals surface area contributed by atoms with E-state index in [-0.39, 0.29) is 0 Å². The molecule has 0 radical (unpaired) electrons. The van der Waals surface area contributed by atoms with Crippen LogP contribution < -0.4 is 5.73 Å². The molecule has 0 aliphatic heterocycles. The summed E-state index contributed by atoms with van der Waals surface area (Å²) in [6.45, 7) is 0.568. The highest BCUT2D eigenvalue weighted by atomic mass is 35.5. The molecule has 0 saturated heterocycles. The van der Waals surface area contributed by atoms with Crippen molar-refractivity contribution in [1.29, 1.82) is 0 Å². The van der Waals surface area contributed by atoms with Crippen LogP contribution >= 0.6 is 22.9 Å². The Hall–Kier alpha value is -0.900. The molecular weight excluding hydrogens is 228 g/mol. The number of rotatable bonds is 3. The minimum absolute atomic E-state index is 0.568. The molecule has 2 rings (SSSR count). The van der Waals surface area contributed by atoms with E-state index < -0.39 is 0 Å². The van der Waals surface area contributed by atoms with Gasteiger partial charge in [0.15, 0.2) is 0 Å². The molecule has 0 aliphatic rings. The normalized spacial score (nSPS) is 10.5. The Labute approximate surface area is 97.7 Å². The van der Waals surface area contributed by atoms with Crippen molar-refractivity contribution in [3.8, 4) is 0 Å². The maximum atomic E-state index is 5.81. The quantitative estimate of drug-likeness (QED) is 0.893. The van der Waals surface area contributed by atoms with Gasteiger partial charge in [0.25, 0.3) is 0 Å². The Morgan fingerprint density at radius 2 is 2.00 bits per heavy atom. The maximum absolute atomic E-state index is 5.81. The summed E-state index contributed by atoms with van der Waals surface area (Å²) < 4.78 is 0. The zero-order chi connectivity index (χ0) is 10.7. The van der Waals surface area contributed by atoms with Crippen LogP contribution in [-0.4, -0.2) is 4.98 Å². The number of aromatic nitrogens is 1. The van der Waals surface area contributed by atoms with E-state index in [1.54, 1.807) is 11.3 Å². The predicted molar refractivity (Wildman–Crippen MR) is 64.3 cm³/mol. The van der Waals surface area contributed by atoms with Crippen molar-refractivity contribution >= 4 is 22.9 Å². The number of benzene rings is 1. The molecule has 1 aromatic heterocycles. The fourth-order valence-corrected chi connectivity index (χ4v) is 2.26. The van der Waals surface area contributed by atoms with E-state index in [1.165, 1.54) is 5.56 Å². The molecule has 78 valence electrons. The van der Waals surface area contributed by atoms with Gasteiger partial charge in [0.1, 0.15) is 0 Å². The molecule has 1 aromatic carbocycles. The number of nitrogens with zero attached hydrogens (tertiary/aromatic N) is 1. The van der Waals surface area contributed by atoms with Gasteiger partial charge < -0.3 is 5.73 Å². The summed E-state index contributed by atoms with van der Waals surface area (Å²) in [6, 6.07) is 7.83. The van der Waals surface area contributed by atoms with E-state index in [0.717, 1.165) is 21.3 Å². The van der Waals surface area contributed by atoms with Crippen LogP contribution in [0.1, 0.15) is 15.4 Å². The van der Waals surface area contributed by atoms with Gasteiger partial charge in [0.2, 0.25) is 0 Å². The summed E-state index contributed by atoms with van der Waals surface area (Å²) in [5, 5.41) is 1.86. The standard InChI is InChI=1S/C11H11ClN2S/c12-9-3-1-8(2-4-9)5-11-14-7-10(6-13)15-11/h1-4,7H,5-6,13H2. The number of thiazole rings is 1. The van der Waals surface area contributed by atoms with Crippen LogP contribution in [0.4, 0.5) is 0 Å². The SMILES string of the molecule is NCc1cnc(Cc2ccc(Cl)cc2)s1. The first-order valence-corrected chi connectivity index (χ1v) is 5.85. The van der Waals surface area contributed by atoms with Gasteiger partial charge in [-0.2, -0.15) is 0 Å². The molecule has 1 heterocycles. The van der Waals surface area contributed by atoms with Gasteiger partial charge in [0, 0.05) is 29.1 Å². The Kier molecular flexibility index (Phi) is 3.36. The number of hydrogen-bond donors (Lipinski definition) is 1. The lowest BCUT2D eigenvalue weighted by atomic mass is 10.2. The van der Waals surface area contributed by atoms with E-state index in [0.29, 0.717) is 6.54 Å². The molecule has 0 bridgehead atoms. The van der Waals surface area contributed by atoms with E-state index in [1.807, 2.05) is 30.5 Å². The molecule has 2 N–H and O–H groups in total. The van der Waals surface area contributed by atoms with Gasteiger partial charge in [0.05, 0.1) is 5.01 Å². The predicted octanol–water partition coefficient (Wildman–Crippen LogP) is 2.85. The van der Waals surface area contributed by atoms with E-state index >= 15 is 0 Å². The molecular formula is C11H11ClN2S. The first kappa shape index (κ1) is 10.6. The lowest BCUT2D eigenvalue weighted by Gasteiger charge is -1.97. The van der Waals surface area contributed by atoms with Crippen molar-refractivity contribution in [2.45, 2.75) is 13.0 Å². The highest BCUT2D eigenvalue weighted by molar-refractivity contribution is 7.11. The summed E-state index contributed by atoms with van der Waals surface area (Å²) in [7, 11) is 0. The largest absolute Gasteiger partial charge is 0.326 e. The second-order valence-electron chi connectivity index (χ2n) is 3.23. The zero-order valence-corrected chi connectivity index (χ0v) is 9.68. The second kappa shape index (κ2) is 4.75. The van der Waals surface area contributed by atoms with Crippen LogP contribution in [-0.2, 0) is 13.0 Å². The Bertz CT molecular complexity index is 436. The van der Waals surface area contributed by atoms with Crippen LogP contribution in [0.5, 0.6) is 0 Å². The summed E-state index contributed by atoms with van der Waals surface area (Å²) in [5.41, 5.74) is 6.75. The molecule has 4 heteroatoms. The summed E-state index contributed by atoms with van der Waals surface area (Å²) in [4.78, 5) is 5.43. The van der Waals surface area contributed by atoms with Gasteiger partial charge >= 0.3 is 0 Å². The smallest absolute Gasteiger partial charge is 0.0971 e. The minimum atomic E-state index is 0.568. The van der Waals surface area contributed by atoms with Crippen molar-refractivity contribution in [2.75, 3.05) is 0 Å². The fraction of sp³-hybridized carbons (Fsp3) is 0.182. The van der Waals surface area contributed by atoms with Crippen LogP contribution in [0.15, 0.2) is 30.5 Å². The van der Waals surface area contributed by atoms with Gasteiger partial charge in [-0.3, -0.25) is 0 Å². The van der Waals surface area contributed by atoms with Gasteiger partial charge in [-0.15, -0.1) is 11.3 Å². The van der Waals surface area contributed by atoms with Crippen LogP contribution in [0, 0.1) is 0 Å². The molecule has 0 amide bonds. The summed E-state index contributed by atoms with van der Waals surface area (Å²) in [6.07, 6.45) is 2.69. The van der Waals surface area contributed by atoms with E-state index in [2.05, 4.69) is 4.98 Å². The van der Waals surface area contributed by atoms with Gasteiger partial charge in [-0.1, -0.05) is 23.7 Å². The third kappa shape index (κ3) is 2.78. The monoisotopic (exact) mass is 238 g/mol. The molecule has 15 heavy (non-hydrogen) atoms. The van der Waals surface area contributed by atoms with Crippen LogP contribution in [0.25, 0.3) is 0 Å². The third-order valence-electron chi connectivity index (χ3n) is 2.07. The minimum Gasteiger partial charge on any atom is -0.326 e. The molecule has 0 atom stereocenters. The third-order valence-corrected chi connectivity index (χ3v) is 3.34. The average molecular weight is 239 g/mol. The summed E-state index contributed by atoms with van der Waals surface area (Å²) in [5.74, 6) is 0. The van der Waals surface area contributed by atoms with Crippen molar-refractivity contribution < 1.29 is 0 Å². The van der Waals surface area contributed by atoms with E-state index in [9.17, 15) is 0 Å². The van der Waals surface area contributed by atoms with Gasteiger partial charge in [-0.05, 0) is 17.7 Å². The van der Waals surface area contributed by atoms with Crippen molar-refractivity contribution in [2.24, 2.45) is 5.73 Å². The second-order valence-corrected chi connectivity index (χ2v) is 4.86. The molecule has 0 saturated carbocycles. The fourth-order valence-electron chi connectivity index (χ4n) is 1.30. The highest BCUT2D eigenvalue weighted by Crippen LogP contribution is 2.17. The van der Waals surface area contributed by atoms with E-state index in [4.69, 9.17) is 17.3 Å². The molecule has 0 aliphatic carbocycles. The lowest BCUT2D eigenvalue weighted by molar-refractivity contribution is 1.08. The summed E-state index contributed by atoms with van der Waals surface area (Å²) >= 11 is 7.47. The van der Waals surface area contributed by atoms with Crippen LogP contribution in [0.3, 0.4) is 0 Å². The average Bonchev–Trinajstić information content (AvgIpc) is 2.69. The maximum Gasteiger partial charge on any atom is 0.0971 e. The first-order valence-electron chi connectivity index (χ1n) is 4.66. The first-order chi connectivity index (χ1) is 7.28. The Morgan fingerprint density at radius 1 is 1.27 bits per heavy atom. The zero-order valence-electron chi connectivity index (χ0n) is 8.11. The molecule has 2 aromatic rings. The van der Waals surface area contributed by atoms with Crippen LogP contribution in [0.2, 0.25) is 5.02 Å². The van der Waals surface area contributed by atoms with Crippen molar-refractivity contribution in [3.63, 3.8) is 0 Å². The highest BCUT2D eigenvalue weighted by Gasteiger charge is 2.01. The lowest BCUT2D eigenvalue weighted by Crippen LogP contribution is -1.91. The molecule has 0 fully saturated rings. The van der Waals surface area contributed by atoms with Crippen molar-refractivity contribution in [1.82, 2.24) is 4.98 Å². The number of hydrogen-bond acceptors (Lipinski definition) is 3. The Balaban J connectivity index is 2.11. The van der Waals surface area contributed by atoms with Gasteiger partial charge in [-0.25, -0.2) is 4.98 Å². The molecule has 2 nitrogen and oxygen atoms in total. The molecule has 0 spiro atoms. The number of nitrogens with two attached hydrogens (primary N) is 1. The Morgan fingerprint density at radius 3 is 2.60 bits per heavy atom. The number of halogens is 1. The topological polar surface area (TPSA) is 38.9 Å². The molecule has 0 unspecified atom stereocenters. The van der Waals surface area contributed by atoms with Crippen molar-refractivity contribution in [3.05, 3.63) is 50.9 Å².